The second kappa shape index (κ2) is 13.8. The fourth-order valence-electron chi connectivity index (χ4n) is 5.93. The molecular weight excluding hydrogens is 610 g/mol. The summed E-state index contributed by atoms with van der Waals surface area (Å²) in [5, 5.41) is 0. The summed E-state index contributed by atoms with van der Waals surface area (Å²) in [7, 11) is 0.905. The quantitative estimate of drug-likeness (QED) is 0.203. The highest BCUT2D eigenvalue weighted by Gasteiger charge is 2.34. The van der Waals surface area contributed by atoms with E-state index in [1.54, 1.807) is 32.2 Å². The van der Waals surface area contributed by atoms with E-state index in [1.807, 2.05) is 41.8 Å². The molecule has 2 aromatic heterocycles. The summed E-state index contributed by atoms with van der Waals surface area (Å²) in [5.41, 5.74) is 3.14. The summed E-state index contributed by atoms with van der Waals surface area (Å²) in [6.45, 7) is 4.20. The SMILES string of the molecule is CCn1c(CS(=O)(=O)CC)nc2c1CCCc1c(OCc3ccccc3)c(C(=O)OC)c(=O)n(Cc3ccc(OC)cc3OC)c1-2. The van der Waals surface area contributed by atoms with Gasteiger partial charge in [0.05, 0.1) is 33.6 Å². The van der Waals surface area contributed by atoms with Crippen molar-refractivity contribution >= 4 is 15.8 Å². The van der Waals surface area contributed by atoms with Crippen LogP contribution in [0.2, 0.25) is 0 Å². The molecule has 0 bridgehead atoms. The second-order valence-corrected chi connectivity index (χ2v) is 13.3. The third-order valence-corrected chi connectivity index (χ3v) is 9.85. The van der Waals surface area contributed by atoms with E-state index in [1.165, 1.54) is 18.8 Å². The van der Waals surface area contributed by atoms with Crippen molar-refractivity contribution in [2.75, 3.05) is 27.1 Å². The molecule has 0 spiro atoms. The van der Waals surface area contributed by atoms with Gasteiger partial charge in [-0.3, -0.25) is 4.79 Å². The van der Waals surface area contributed by atoms with Crippen LogP contribution in [0.25, 0.3) is 11.4 Å². The number of carbonyl (C=O) groups is 1. The summed E-state index contributed by atoms with van der Waals surface area (Å²) in [4.78, 5) is 32.8. The first-order valence-electron chi connectivity index (χ1n) is 15.2. The van der Waals surface area contributed by atoms with Crippen LogP contribution < -0.4 is 19.8 Å². The van der Waals surface area contributed by atoms with Crippen molar-refractivity contribution in [1.29, 1.82) is 0 Å². The summed E-state index contributed by atoms with van der Waals surface area (Å²) >= 11 is 0. The van der Waals surface area contributed by atoms with Gasteiger partial charge in [0.25, 0.3) is 5.56 Å². The van der Waals surface area contributed by atoms with Crippen LogP contribution in [-0.4, -0.2) is 55.6 Å². The zero-order chi connectivity index (χ0) is 33.0. The highest BCUT2D eigenvalue weighted by Crippen LogP contribution is 2.40. The van der Waals surface area contributed by atoms with Gasteiger partial charge in [0.1, 0.15) is 41.1 Å². The highest BCUT2D eigenvalue weighted by molar-refractivity contribution is 7.90. The minimum Gasteiger partial charge on any atom is -0.497 e. The Labute approximate surface area is 268 Å². The van der Waals surface area contributed by atoms with Crippen molar-refractivity contribution in [3.63, 3.8) is 0 Å². The van der Waals surface area contributed by atoms with Gasteiger partial charge in [0.15, 0.2) is 15.4 Å². The van der Waals surface area contributed by atoms with E-state index in [-0.39, 0.29) is 36.0 Å². The molecule has 46 heavy (non-hydrogen) atoms. The lowest BCUT2D eigenvalue weighted by molar-refractivity contribution is 0.0592. The number of carbonyl (C=O) groups excluding carboxylic acids is 1. The monoisotopic (exact) mass is 649 g/mol. The Morgan fingerprint density at radius 3 is 2.39 bits per heavy atom. The van der Waals surface area contributed by atoms with Crippen LogP contribution in [-0.2, 0) is 52.9 Å². The maximum absolute atomic E-state index is 14.5. The number of hydrogen-bond donors (Lipinski definition) is 0. The number of fused-ring (bicyclic) bond motifs is 3. The lowest BCUT2D eigenvalue weighted by Crippen LogP contribution is -2.31. The molecule has 0 unspecified atom stereocenters. The average molecular weight is 650 g/mol. The van der Waals surface area contributed by atoms with E-state index in [9.17, 15) is 18.0 Å². The molecule has 5 rings (SSSR count). The molecule has 0 saturated carbocycles. The van der Waals surface area contributed by atoms with Gasteiger partial charge in [-0.2, -0.15) is 0 Å². The van der Waals surface area contributed by atoms with Crippen LogP contribution in [0.15, 0.2) is 53.3 Å². The van der Waals surface area contributed by atoms with E-state index in [2.05, 4.69) is 0 Å². The Hall–Kier alpha value is -4.58. The number of methoxy groups -OCH3 is 3. The third kappa shape index (κ3) is 6.39. The minimum absolute atomic E-state index is 0.0211. The van der Waals surface area contributed by atoms with Crippen molar-refractivity contribution in [3.8, 4) is 28.6 Å². The number of ether oxygens (including phenoxy) is 4. The first-order chi connectivity index (χ1) is 22.2. The average Bonchev–Trinajstić information content (AvgIpc) is 3.29. The van der Waals surface area contributed by atoms with Crippen LogP contribution in [0.3, 0.4) is 0 Å². The number of hydrogen-bond acceptors (Lipinski definition) is 9. The number of aromatic nitrogens is 3. The van der Waals surface area contributed by atoms with Gasteiger partial charge in [-0.05, 0) is 43.9 Å². The number of esters is 1. The lowest BCUT2D eigenvalue weighted by Gasteiger charge is -2.22. The van der Waals surface area contributed by atoms with E-state index >= 15 is 0 Å². The van der Waals surface area contributed by atoms with Gasteiger partial charge in [0, 0.05) is 35.2 Å². The Kier molecular flexibility index (Phi) is 9.85. The molecule has 0 fully saturated rings. The van der Waals surface area contributed by atoms with E-state index in [0.717, 1.165) is 11.3 Å². The number of benzene rings is 2. The van der Waals surface area contributed by atoms with E-state index in [4.69, 9.17) is 23.9 Å². The second-order valence-electron chi connectivity index (χ2n) is 11.0. The first-order valence-corrected chi connectivity index (χ1v) is 17.0. The summed E-state index contributed by atoms with van der Waals surface area (Å²) < 4.78 is 51.5. The molecule has 0 amide bonds. The number of sulfone groups is 1. The van der Waals surface area contributed by atoms with Gasteiger partial charge in [0.2, 0.25) is 0 Å². The predicted octanol–water partition coefficient (Wildman–Crippen LogP) is 4.59. The molecular formula is C34H39N3O8S. The minimum atomic E-state index is -3.41. The molecule has 0 atom stereocenters. The van der Waals surface area contributed by atoms with Gasteiger partial charge in [-0.1, -0.05) is 37.3 Å². The Morgan fingerprint density at radius 2 is 1.74 bits per heavy atom. The molecule has 2 heterocycles. The Balaban J connectivity index is 1.82. The molecule has 1 aliphatic carbocycles. The smallest absolute Gasteiger partial charge is 0.347 e. The van der Waals surface area contributed by atoms with Crippen LogP contribution in [0.5, 0.6) is 17.2 Å². The summed E-state index contributed by atoms with van der Waals surface area (Å²) in [5.74, 6) is 0.566. The van der Waals surface area contributed by atoms with Gasteiger partial charge in [-0.15, -0.1) is 0 Å². The zero-order valence-corrected chi connectivity index (χ0v) is 27.6. The van der Waals surface area contributed by atoms with Crippen molar-refractivity contribution < 1.29 is 32.2 Å². The van der Waals surface area contributed by atoms with Crippen LogP contribution >= 0.6 is 0 Å². The lowest BCUT2D eigenvalue weighted by atomic mass is 10.0. The molecule has 0 aliphatic heterocycles. The predicted molar refractivity (Wildman–Crippen MR) is 174 cm³/mol. The normalized spacial score (nSPS) is 12.5. The van der Waals surface area contributed by atoms with E-state index in [0.29, 0.717) is 65.6 Å². The molecule has 2 aromatic carbocycles. The van der Waals surface area contributed by atoms with Crippen molar-refractivity contribution in [2.24, 2.45) is 0 Å². The molecule has 0 saturated heterocycles. The zero-order valence-electron chi connectivity index (χ0n) is 26.8. The molecule has 12 heteroatoms. The fraction of sp³-hybridized carbons (Fsp3) is 0.382. The van der Waals surface area contributed by atoms with Gasteiger partial charge >= 0.3 is 5.97 Å². The number of imidazole rings is 1. The Bertz CT molecular complexity index is 1910. The largest absolute Gasteiger partial charge is 0.497 e. The standard InChI is InChI=1S/C34H39N3O8S/c1-6-36-26-15-11-14-25-31(30(26)35-28(36)21-46(40,41)7-2)37(19-23-16-17-24(42-3)18-27(23)43-4)33(38)29(34(39)44-5)32(25)45-20-22-12-9-8-10-13-22/h8-10,12-13,16-18H,6-7,11,14-15,19-21H2,1-5H3. The summed E-state index contributed by atoms with van der Waals surface area (Å²) in [6, 6.07) is 14.8. The summed E-state index contributed by atoms with van der Waals surface area (Å²) in [6.07, 6.45) is 1.72. The molecule has 11 nitrogen and oxygen atoms in total. The van der Waals surface area contributed by atoms with Crippen molar-refractivity contribution in [3.05, 3.63) is 92.7 Å². The van der Waals surface area contributed by atoms with Crippen molar-refractivity contribution in [1.82, 2.24) is 14.1 Å². The molecule has 244 valence electrons. The maximum Gasteiger partial charge on any atom is 0.347 e. The maximum atomic E-state index is 14.5. The van der Waals surface area contributed by atoms with Crippen LogP contribution in [0.4, 0.5) is 0 Å². The number of pyridine rings is 1. The third-order valence-electron chi connectivity index (χ3n) is 8.28. The van der Waals surface area contributed by atoms with Gasteiger partial charge < -0.3 is 28.1 Å². The molecule has 4 aromatic rings. The molecule has 1 aliphatic rings. The Morgan fingerprint density at radius 1 is 0.978 bits per heavy atom. The number of nitrogens with zero attached hydrogens (tertiary/aromatic N) is 3. The highest BCUT2D eigenvalue weighted by atomic mass is 32.2. The fourth-order valence-corrected chi connectivity index (χ4v) is 6.75. The van der Waals surface area contributed by atoms with Crippen molar-refractivity contribution in [2.45, 2.75) is 58.6 Å². The number of rotatable bonds is 12. The van der Waals surface area contributed by atoms with Crippen LogP contribution in [0, 0.1) is 0 Å². The van der Waals surface area contributed by atoms with E-state index < -0.39 is 21.4 Å². The van der Waals surface area contributed by atoms with Crippen LogP contribution in [0.1, 0.15) is 58.8 Å². The topological polar surface area (TPSA) is 128 Å². The first kappa shape index (κ1) is 32.8. The molecule has 0 N–H and O–H groups in total. The van der Waals surface area contributed by atoms with Gasteiger partial charge in [-0.25, -0.2) is 18.2 Å². The molecule has 0 radical (unpaired) electrons.